The highest BCUT2D eigenvalue weighted by molar-refractivity contribution is 14.1. The minimum Gasteiger partial charge on any atom is -0.338 e. The van der Waals surface area contributed by atoms with Crippen LogP contribution in [0.3, 0.4) is 0 Å². The van der Waals surface area contributed by atoms with E-state index in [0.29, 0.717) is 0 Å². The van der Waals surface area contributed by atoms with Crippen molar-refractivity contribution in [3.05, 3.63) is 43.7 Å². The predicted molar refractivity (Wildman–Crippen MR) is 77.1 cm³/mol. The van der Waals surface area contributed by atoms with Gasteiger partial charge in [-0.15, -0.1) is 0 Å². The van der Waals surface area contributed by atoms with Crippen molar-refractivity contribution in [3.63, 3.8) is 0 Å². The van der Waals surface area contributed by atoms with Gasteiger partial charge in [-0.25, -0.2) is 14.4 Å². The van der Waals surface area contributed by atoms with E-state index in [4.69, 9.17) is 0 Å². The zero-order valence-electron chi connectivity index (χ0n) is 7.92. The number of hydrogen-bond acceptors (Lipinski definition) is 3. The molecule has 0 unspecified atom stereocenters. The fourth-order valence-electron chi connectivity index (χ4n) is 1.12. The SMILES string of the molecule is Fc1ccc(Nc2ncncc2I)c(I)c1. The summed E-state index contributed by atoms with van der Waals surface area (Å²) in [6.07, 6.45) is 3.19. The highest BCUT2D eigenvalue weighted by atomic mass is 127. The van der Waals surface area contributed by atoms with Crippen LogP contribution in [0.15, 0.2) is 30.7 Å². The molecule has 82 valence electrons. The first-order valence-electron chi connectivity index (χ1n) is 4.34. The van der Waals surface area contributed by atoms with Crippen molar-refractivity contribution in [1.29, 1.82) is 0 Å². The zero-order valence-corrected chi connectivity index (χ0v) is 12.2. The third-order valence-electron chi connectivity index (χ3n) is 1.85. The Morgan fingerprint density at radius 3 is 2.69 bits per heavy atom. The van der Waals surface area contributed by atoms with Gasteiger partial charge in [0.2, 0.25) is 0 Å². The van der Waals surface area contributed by atoms with Crippen LogP contribution < -0.4 is 5.32 Å². The van der Waals surface area contributed by atoms with E-state index in [1.54, 1.807) is 12.3 Å². The molecule has 2 rings (SSSR count). The molecule has 0 fully saturated rings. The molecule has 6 heteroatoms. The van der Waals surface area contributed by atoms with Crippen molar-refractivity contribution in [3.8, 4) is 0 Å². The Bertz CT molecular complexity index is 519. The molecule has 0 amide bonds. The molecule has 0 saturated heterocycles. The van der Waals surface area contributed by atoms with Gasteiger partial charge < -0.3 is 5.32 Å². The Balaban J connectivity index is 2.31. The monoisotopic (exact) mass is 441 g/mol. The van der Waals surface area contributed by atoms with E-state index in [-0.39, 0.29) is 5.82 Å². The summed E-state index contributed by atoms with van der Waals surface area (Å²) in [4.78, 5) is 8.01. The number of aromatic nitrogens is 2. The van der Waals surface area contributed by atoms with E-state index >= 15 is 0 Å². The summed E-state index contributed by atoms with van der Waals surface area (Å²) in [7, 11) is 0. The maximum absolute atomic E-state index is 12.9. The van der Waals surface area contributed by atoms with Crippen LogP contribution in [0.4, 0.5) is 15.9 Å². The lowest BCUT2D eigenvalue weighted by Gasteiger charge is -2.08. The number of anilines is 2. The molecule has 1 aromatic carbocycles. The second-order valence-corrected chi connectivity index (χ2v) is 5.29. The van der Waals surface area contributed by atoms with E-state index in [2.05, 4.69) is 60.5 Å². The Hall–Kier alpha value is -0.510. The van der Waals surface area contributed by atoms with Crippen LogP contribution >= 0.6 is 45.2 Å². The van der Waals surface area contributed by atoms with Crippen LogP contribution in [-0.4, -0.2) is 9.97 Å². The minimum absolute atomic E-state index is 0.243. The quantitative estimate of drug-likeness (QED) is 0.725. The van der Waals surface area contributed by atoms with Crippen LogP contribution in [0.2, 0.25) is 0 Å². The third-order valence-corrected chi connectivity index (χ3v) is 3.53. The summed E-state index contributed by atoms with van der Waals surface area (Å²) < 4.78 is 14.6. The Morgan fingerprint density at radius 2 is 2.00 bits per heavy atom. The van der Waals surface area contributed by atoms with Gasteiger partial charge in [-0.05, 0) is 63.4 Å². The summed E-state index contributed by atoms with van der Waals surface area (Å²) in [5.41, 5.74) is 0.832. The zero-order chi connectivity index (χ0) is 11.5. The Labute approximate surface area is 119 Å². The highest BCUT2D eigenvalue weighted by Crippen LogP contribution is 2.24. The number of hydrogen-bond donors (Lipinski definition) is 1. The van der Waals surface area contributed by atoms with Crippen molar-refractivity contribution in [2.45, 2.75) is 0 Å². The van der Waals surface area contributed by atoms with Gasteiger partial charge in [-0.1, -0.05) is 0 Å². The first kappa shape index (κ1) is 12.0. The van der Waals surface area contributed by atoms with Gasteiger partial charge in [-0.3, -0.25) is 0 Å². The number of rotatable bonds is 2. The number of nitrogens with one attached hydrogen (secondary N) is 1. The fourth-order valence-corrected chi connectivity index (χ4v) is 2.17. The summed E-state index contributed by atoms with van der Waals surface area (Å²) in [5, 5.41) is 3.13. The summed E-state index contributed by atoms with van der Waals surface area (Å²) in [6, 6.07) is 4.57. The second-order valence-electron chi connectivity index (χ2n) is 2.97. The summed E-state index contributed by atoms with van der Waals surface area (Å²) in [5.74, 6) is 0.479. The van der Waals surface area contributed by atoms with E-state index in [9.17, 15) is 4.39 Å². The molecule has 0 aliphatic carbocycles. The van der Waals surface area contributed by atoms with E-state index in [0.717, 1.165) is 18.6 Å². The van der Waals surface area contributed by atoms with Crippen LogP contribution in [0, 0.1) is 13.0 Å². The van der Waals surface area contributed by atoms with E-state index < -0.39 is 0 Å². The maximum Gasteiger partial charge on any atom is 0.147 e. The van der Waals surface area contributed by atoms with E-state index in [1.165, 1.54) is 18.5 Å². The standard InChI is InChI=1S/C10H6FI2N3/c11-6-1-2-9(7(12)3-6)16-10-8(13)4-14-5-15-10/h1-5H,(H,14,15,16). The van der Waals surface area contributed by atoms with Gasteiger partial charge in [-0.2, -0.15) is 0 Å². The van der Waals surface area contributed by atoms with Crippen LogP contribution in [0.1, 0.15) is 0 Å². The fraction of sp³-hybridized carbons (Fsp3) is 0. The van der Waals surface area contributed by atoms with Gasteiger partial charge in [0.25, 0.3) is 0 Å². The smallest absolute Gasteiger partial charge is 0.147 e. The molecule has 0 aliphatic heterocycles. The van der Waals surface area contributed by atoms with Crippen molar-refractivity contribution in [1.82, 2.24) is 9.97 Å². The molecule has 0 saturated carbocycles. The molecular weight excluding hydrogens is 435 g/mol. The summed E-state index contributed by atoms with van der Waals surface area (Å²) in [6.45, 7) is 0. The van der Waals surface area contributed by atoms with Crippen LogP contribution in [0.5, 0.6) is 0 Å². The molecule has 3 nitrogen and oxygen atoms in total. The van der Waals surface area contributed by atoms with Crippen molar-refractivity contribution in [2.75, 3.05) is 5.32 Å². The molecule has 2 aromatic rings. The molecule has 0 spiro atoms. The summed E-state index contributed by atoms with van der Waals surface area (Å²) >= 11 is 4.22. The predicted octanol–water partition coefficient (Wildman–Crippen LogP) is 3.57. The Kier molecular flexibility index (Phi) is 3.90. The van der Waals surface area contributed by atoms with Gasteiger partial charge in [0, 0.05) is 9.77 Å². The highest BCUT2D eigenvalue weighted by Gasteiger charge is 2.05. The molecule has 1 N–H and O–H groups in total. The van der Waals surface area contributed by atoms with Crippen molar-refractivity contribution in [2.24, 2.45) is 0 Å². The van der Waals surface area contributed by atoms with Gasteiger partial charge in [0.1, 0.15) is 18.0 Å². The molecule has 0 aliphatic rings. The largest absolute Gasteiger partial charge is 0.338 e. The van der Waals surface area contributed by atoms with E-state index in [1.807, 2.05) is 0 Å². The second kappa shape index (κ2) is 5.21. The normalized spacial score (nSPS) is 10.2. The molecule has 0 radical (unpaired) electrons. The van der Waals surface area contributed by atoms with Crippen LogP contribution in [0.25, 0.3) is 0 Å². The lowest BCUT2D eigenvalue weighted by atomic mass is 10.3. The Morgan fingerprint density at radius 1 is 1.19 bits per heavy atom. The first-order chi connectivity index (χ1) is 7.66. The van der Waals surface area contributed by atoms with Crippen molar-refractivity contribution < 1.29 is 4.39 Å². The molecule has 0 atom stereocenters. The van der Waals surface area contributed by atoms with Gasteiger partial charge in [0.15, 0.2) is 0 Å². The molecule has 1 aromatic heterocycles. The molecule has 16 heavy (non-hydrogen) atoms. The third kappa shape index (κ3) is 2.78. The minimum atomic E-state index is -0.243. The number of nitrogens with zero attached hydrogens (tertiary/aromatic N) is 2. The van der Waals surface area contributed by atoms with Gasteiger partial charge >= 0.3 is 0 Å². The number of halogens is 3. The topological polar surface area (TPSA) is 37.8 Å². The van der Waals surface area contributed by atoms with Crippen molar-refractivity contribution >= 4 is 56.7 Å². The lowest BCUT2D eigenvalue weighted by molar-refractivity contribution is 0.627. The number of benzene rings is 1. The average molecular weight is 441 g/mol. The molecular formula is C10H6FI2N3. The average Bonchev–Trinajstić information content (AvgIpc) is 2.25. The van der Waals surface area contributed by atoms with Crippen LogP contribution in [-0.2, 0) is 0 Å². The molecule has 1 heterocycles. The van der Waals surface area contributed by atoms with Gasteiger partial charge in [0.05, 0.1) is 9.26 Å². The maximum atomic E-state index is 12.9. The lowest BCUT2D eigenvalue weighted by Crippen LogP contribution is -1.98. The first-order valence-corrected chi connectivity index (χ1v) is 6.50. The molecule has 0 bridgehead atoms.